The Morgan fingerprint density at radius 2 is 1.50 bits per heavy atom. The Kier molecular flexibility index (Phi) is 5.66. The molecule has 1 saturated heterocycles. The maximum atomic E-state index is 13.3. The number of halogens is 3. The van der Waals surface area contributed by atoms with E-state index in [1.165, 1.54) is 6.07 Å². The van der Waals surface area contributed by atoms with Crippen LogP contribution in [-0.4, -0.2) is 47.8 Å². The fraction of sp³-hybridized carbons (Fsp3) is 0.263. The van der Waals surface area contributed by atoms with Gasteiger partial charge in [-0.25, -0.2) is 8.78 Å². The van der Waals surface area contributed by atoms with Crippen molar-refractivity contribution in [2.75, 3.05) is 26.2 Å². The van der Waals surface area contributed by atoms with Gasteiger partial charge in [0.1, 0.15) is 0 Å². The van der Waals surface area contributed by atoms with Gasteiger partial charge in [-0.2, -0.15) is 0 Å². The van der Waals surface area contributed by atoms with Gasteiger partial charge < -0.3 is 9.80 Å². The van der Waals surface area contributed by atoms with Crippen LogP contribution in [0.15, 0.2) is 46.9 Å². The van der Waals surface area contributed by atoms with E-state index in [1.54, 1.807) is 9.80 Å². The third-order valence-corrected chi connectivity index (χ3v) is 4.88. The summed E-state index contributed by atoms with van der Waals surface area (Å²) >= 11 is 3.36. The van der Waals surface area contributed by atoms with E-state index < -0.39 is 11.6 Å². The Morgan fingerprint density at radius 3 is 2.12 bits per heavy atom. The number of nitrogens with zero attached hydrogens (tertiary/aromatic N) is 2. The molecule has 1 aliphatic rings. The number of benzene rings is 2. The van der Waals surface area contributed by atoms with Gasteiger partial charge in [0.2, 0.25) is 5.91 Å². The highest BCUT2D eigenvalue weighted by Crippen LogP contribution is 2.15. The van der Waals surface area contributed by atoms with Crippen LogP contribution >= 0.6 is 15.9 Å². The molecular weight excluding hydrogens is 406 g/mol. The lowest BCUT2D eigenvalue weighted by atomic mass is 10.1. The summed E-state index contributed by atoms with van der Waals surface area (Å²) in [6, 6.07) is 10.7. The van der Waals surface area contributed by atoms with Crippen molar-refractivity contribution >= 4 is 27.7 Å². The normalized spacial score (nSPS) is 14.4. The van der Waals surface area contributed by atoms with Gasteiger partial charge >= 0.3 is 0 Å². The molecule has 0 saturated carbocycles. The van der Waals surface area contributed by atoms with E-state index in [4.69, 9.17) is 0 Å². The first-order chi connectivity index (χ1) is 12.4. The first kappa shape index (κ1) is 18.5. The summed E-state index contributed by atoms with van der Waals surface area (Å²) in [5, 5.41) is 0. The molecule has 3 rings (SSSR count). The van der Waals surface area contributed by atoms with E-state index in [2.05, 4.69) is 15.9 Å². The first-order valence-corrected chi connectivity index (χ1v) is 9.00. The molecular formula is C19H17BrF2N2O2. The van der Waals surface area contributed by atoms with Crippen LogP contribution in [0.4, 0.5) is 8.78 Å². The predicted molar refractivity (Wildman–Crippen MR) is 96.7 cm³/mol. The molecule has 0 unspecified atom stereocenters. The van der Waals surface area contributed by atoms with Crippen LogP contribution in [0.25, 0.3) is 0 Å². The second-order valence-electron chi connectivity index (χ2n) is 6.11. The van der Waals surface area contributed by atoms with E-state index in [0.717, 1.165) is 22.2 Å². The van der Waals surface area contributed by atoms with Crippen LogP contribution in [0.1, 0.15) is 15.9 Å². The minimum atomic E-state index is -1.04. The molecule has 0 aliphatic carbocycles. The lowest BCUT2D eigenvalue weighted by molar-refractivity contribution is -0.131. The number of piperazine rings is 1. The van der Waals surface area contributed by atoms with Crippen LogP contribution in [0.3, 0.4) is 0 Å². The van der Waals surface area contributed by atoms with E-state index in [1.807, 2.05) is 24.3 Å². The lowest BCUT2D eigenvalue weighted by Gasteiger charge is -2.35. The number of carbonyl (C=O) groups is 2. The molecule has 0 bridgehead atoms. The molecule has 26 heavy (non-hydrogen) atoms. The third-order valence-electron chi connectivity index (χ3n) is 4.35. The van der Waals surface area contributed by atoms with E-state index in [9.17, 15) is 18.4 Å². The van der Waals surface area contributed by atoms with Crippen molar-refractivity contribution in [2.24, 2.45) is 0 Å². The van der Waals surface area contributed by atoms with Crippen LogP contribution in [0, 0.1) is 11.6 Å². The van der Waals surface area contributed by atoms with Crippen LogP contribution < -0.4 is 0 Å². The van der Waals surface area contributed by atoms with E-state index in [-0.39, 0.29) is 17.4 Å². The van der Waals surface area contributed by atoms with Gasteiger partial charge in [0.25, 0.3) is 5.91 Å². The average Bonchev–Trinajstić information content (AvgIpc) is 2.65. The Morgan fingerprint density at radius 1 is 0.885 bits per heavy atom. The molecule has 136 valence electrons. The van der Waals surface area contributed by atoms with Gasteiger partial charge in [-0.05, 0) is 35.9 Å². The molecule has 0 atom stereocenters. The topological polar surface area (TPSA) is 40.6 Å². The van der Waals surface area contributed by atoms with Gasteiger partial charge in [0.15, 0.2) is 11.6 Å². The SMILES string of the molecule is O=C(Cc1ccc(Br)cc1)N1CCN(C(=O)c2ccc(F)c(F)c2)CC1. The highest BCUT2D eigenvalue weighted by molar-refractivity contribution is 9.10. The molecule has 0 aromatic heterocycles. The Balaban J connectivity index is 1.56. The molecule has 2 aromatic rings. The lowest BCUT2D eigenvalue weighted by Crippen LogP contribution is -2.51. The summed E-state index contributed by atoms with van der Waals surface area (Å²) in [6.45, 7) is 1.57. The number of hydrogen-bond donors (Lipinski definition) is 0. The number of rotatable bonds is 3. The van der Waals surface area contributed by atoms with E-state index >= 15 is 0 Å². The number of amides is 2. The molecule has 1 fully saturated rings. The van der Waals surface area contributed by atoms with Crippen molar-refractivity contribution in [1.82, 2.24) is 9.80 Å². The highest BCUT2D eigenvalue weighted by atomic mass is 79.9. The van der Waals surface area contributed by atoms with Crippen LogP contribution in [0.5, 0.6) is 0 Å². The standard InChI is InChI=1S/C19H17BrF2N2O2/c20-15-4-1-13(2-5-15)11-18(25)23-7-9-24(10-8-23)19(26)14-3-6-16(21)17(22)12-14/h1-6,12H,7-11H2. The molecule has 2 amide bonds. The maximum absolute atomic E-state index is 13.3. The molecule has 2 aromatic carbocycles. The fourth-order valence-electron chi connectivity index (χ4n) is 2.86. The molecule has 4 nitrogen and oxygen atoms in total. The molecule has 0 spiro atoms. The predicted octanol–water partition coefficient (Wildman–Crippen LogP) is 3.25. The zero-order valence-corrected chi connectivity index (χ0v) is 15.5. The summed E-state index contributed by atoms with van der Waals surface area (Å²) in [4.78, 5) is 28.1. The van der Waals surface area contributed by atoms with Gasteiger partial charge in [-0.3, -0.25) is 9.59 Å². The minimum absolute atomic E-state index is 0.00671. The molecule has 0 radical (unpaired) electrons. The second kappa shape index (κ2) is 7.95. The average molecular weight is 423 g/mol. The van der Waals surface area contributed by atoms with Crippen molar-refractivity contribution in [2.45, 2.75) is 6.42 Å². The van der Waals surface area contributed by atoms with Crippen LogP contribution in [-0.2, 0) is 11.2 Å². The van der Waals surface area contributed by atoms with Gasteiger partial charge in [0.05, 0.1) is 6.42 Å². The highest BCUT2D eigenvalue weighted by Gasteiger charge is 2.25. The van der Waals surface area contributed by atoms with Gasteiger partial charge in [-0.15, -0.1) is 0 Å². The minimum Gasteiger partial charge on any atom is -0.339 e. The second-order valence-corrected chi connectivity index (χ2v) is 7.02. The van der Waals surface area contributed by atoms with E-state index in [0.29, 0.717) is 32.6 Å². The van der Waals surface area contributed by atoms with Crippen molar-refractivity contribution in [3.05, 3.63) is 69.7 Å². The Labute approximate surface area is 158 Å². The summed E-state index contributed by atoms with van der Waals surface area (Å²) in [6.07, 6.45) is 0.310. The van der Waals surface area contributed by atoms with Crippen molar-refractivity contribution in [3.8, 4) is 0 Å². The summed E-state index contributed by atoms with van der Waals surface area (Å²) in [5.41, 5.74) is 1.04. The fourth-order valence-corrected chi connectivity index (χ4v) is 3.12. The van der Waals surface area contributed by atoms with Gasteiger partial charge in [-0.1, -0.05) is 28.1 Å². The number of hydrogen-bond acceptors (Lipinski definition) is 2. The largest absolute Gasteiger partial charge is 0.339 e. The third kappa shape index (κ3) is 4.27. The van der Waals surface area contributed by atoms with Crippen LogP contribution in [0.2, 0.25) is 0 Å². The summed E-state index contributed by atoms with van der Waals surface area (Å²) in [5.74, 6) is -2.37. The summed E-state index contributed by atoms with van der Waals surface area (Å²) in [7, 11) is 0. The van der Waals surface area contributed by atoms with Crippen molar-refractivity contribution in [1.29, 1.82) is 0 Å². The van der Waals surface area contributed by atoms with Crippen molar-refractivity contribution in [3.63, 3.8) is 0 Å². The number of carbonyl (C=O) groups excluding carboxylic acids is 2. The molecule has 0 N–H and O–H groups in total. The Bertz CT molecular complexity index is 819. The maximum Gasteiger partial charge on any atom is 0.254 e. The Hall–Kier alpha value is -2.28. The first-order valence-electron chi connectivity index (χ1n) is 8.20. The smallest absolute Gasteiger partial charge is 0.254 e. The molecule has 7 heteroatoms. The zero-order valence-electron chi connectivity index (χ0n) is 13.9. The summed E-state index contributed by atoms with van der Waals surface area (Å²) < 4.78 is 27.3. The monoisotopic (exact) mass is 422 g/mol. The zero-order chi connectivity index (χ0) is 18.7. The van der Waals surface area contributed by atoms with Crippen molar-refractivity contribution < 1.29 is 18.4 Å². The van der Waals surface area contributed by atoms with Gasteiger partial charge in [0, 0.05) is 36.2 Å². The quantitative estimate of drug-likeness (QED) is 0.761. The molecule has 1 heterocycles. The molecule has 1 aliphatic heterocycles.